The zero-order valence-electron chi connectivity index (χ0n) is 18.8. The first-order chi connectivity index (χ1) is 14.5. The van der Waals surface area contributed by atoms with Crippen molar-refractivity contribution in [1.29, 1.82) is 0 Å². The van der Waals surface area contributed by atoms with E-state index in [1.165, 1.54) is 0 Å². The summed E-state index contributed by atoms with van der Waals surface area (Å²) in [6.07, 6.45) is 0. The van der Waals surface area contributed by atoms with Crippen LogP contribution in [0.1, 0.15) is 33.3 Å². The van der Waals surface area contributed by atoms with Crippen LogP contribution in [0.3, 0.4) is 0 Å². The second-order valence-electron chi connectivity index (χ2n) is 7.29. The third-order valence-corrected chi connectivity index (χ3v) is 5.74. The summed E-state index contributed by atoms with van der Waals surface area (Å²) in [4.78, 5) is 27.6. The molecule has 0 aliphatic heterocycles. The van der Waals surface area contributed by atoms with Crippen LogP contribution in [0.25, 0.3) is 0 Å². The van der Waals surface area contributed by atoms with Gasteiger partial charge in [0.15, 0.2) is 0 Å². The average Bonchev–Trinajstić information content (AvgIpc) is 2.74. The van der Waals surface area contributed by atoms with Crippen LogP contribution in [-0.4, -0.2) is 62.9 Å². The van der Waals surface area contributed by atoms with Gasteiger partial charge in [0, 0.05) is 12.0 Å². The van der Waals surface area contributed by atoms with E-state index >= 15 is 0 Å². The lowest BCUT2D eigenvalue weighted by Crippen LogP contribution is -2.66. The molecule has 1 aliphatic carbocycles. The molecule has 0 aromatic heterocycles. The Balaban J connectivity index is 2.15. The van der Waals surface area contributed by atoms with Gasteiger partial charge >= 0.3 is 11.9 Å². The van der Waals surface area contributed by atoms with Crippen molar-refractivity contribution in [3.05, 3.63) is 29.8 Å². The number of hydrogen-bond acceptors (Lipinski definition) is 7. The van der Waals surface area contributed by atoms with Crippen molar-refractivity contribution in [2.45, 2.75) is 40.3 Å². The molecular weight excluding hydrogens is 386 g/mol. The summed E-state index contributed by atoms with van der Waals surface area (Å²) < 4.78 is 21.7. The van der Waals surface area contributed by atoms with E-state index in [-0.39, 0.29) is 37.1 Å². The summed E-state index contributed by atoms with van der Waals surface area (Å²) in [6, 6.07) is 7.57. The van der Waals surface area contributed by atoms with Crippen molar-refractivity contribution < 1.29 is 28.5 Å². The predicted octanol–water partition coefficient (Wildman–Crippen LogP) is 2.91. The van der Waals surface area contributed by atoms with Gasteiger partial charge < -0.3 is 18.9 Å². The van der Waals surface area contributed by atoms with E-state index < -0.39 is 11.8 Å². The number of carbonyl (C=O) groups excluding carboxylic acids is 2. The van der Waals surface area contributed by atoms with E-state index in [2.05, 4.69) is 18.7 Å². The molecule has 168 valence electrons. The maximum atomic E-state index is 12.7. The molecule has 1 aliphatic rings. The smallest absolute Gasteiger partial charge is 0.311 e. The molecule has 30 heavy (non-hydrogen) atoms. The first-order valence-electron chi connectivity index (χ1n) is 10.8. The third kappa shape index (κ3) is 5.52. The first-order valence-corrected chi connectivity index (χ1v) is 10.8. The molecule has 1 saturated carbocycles. The Morgan fingerprint density at radius 3 is 1.97 bits per heavy atom. The Labute approximate surface area is 179 Å². The van der Waals surface area contributed by atoms with Gasteiger partial charge in [0.05, 0.1) is 45.4 Å². The highest BCUT2D eigenvalue weighted by Crippen LogP contribution is 2.46. The van der Waals surface area contributed by atoms with Gasteiger partial charge in [-0.1, -0.05) is 26.0 Å². The van der Waals surface area contributed by atoms with Crippen LogP contribution in [0.2, 0.25) is 0 Å². The van der Waals surface area contributed by atoms with E-state index in [0.717, 1.165) is 24.4 Å². The quantitative estimate of drug-likeness (QED) is 0.481. The summed E-state index contributed by atoms with van der Waals surface area (Å²) in [5.74, 6) is -1.10. The van der Waals surface area contributed by atoms with Crippen LogP contribution in [0.15, 0.2) is 24.3 Å². The topological polar surface area (TPSA) is 74.3 Å². The first kappa shape index (κ1) is 24.2. The molecule has 4 atom stereocenters. The lowest BCUT2D eigenvalue weighted by molar-refractivity contribution is -0.189. The van der Waals surface area contributed by atoms with Crippen LogP contribution >= 0.6 is 0 Å². The normalized spacial score (nSPS) is 23.0. The highest BCUT2D eigenvalue weighted by atomic mass is 16.5. The molecular formula is C23H35NO6. The highest BCUT2D eigenvalue weighted by molar-refractivity contribution is 5.85. The van der Waals surface area contributed by atoms with Gasteiger partial charge in [-0.3, -0.25) is 14.5 Å². The Morgan fingerprint density at radius 2 is 1.47 bits per heavy atom. The summed E-state index contributed by atoms with van der Waals surface area (Å²) in [6.45, 7) is 10.6. The van der Waals surface area contributed by atoms with Gasteiger partial charge in [0.2, 0.25) is 0 Å². The van der Waals surface area contributed by atoms with E-state index in [9.17, 15) is 9.59 Å². The fourth-order valence-corrected chi connectivity index (χ4v) is 4.28. The fraction of sp³-hybridized carbons (Fsp3) is 0.652. The SMILES string of the molecule is CCOC(=O)[C@@H]1[C@H](COCc2ccc(OC)cc2)[C@H](N(CC)CC)[C@H]1C(=O)OCC. The number of methoxy groups -OCH3 is 1. The minimum absolute atomic E-state index is 0.107. The molecule has 2 rings (SSSR count). The van der Waals surface area contributed by atoms with Gasteiger partial charge in [-0.25, -0.2) is 0 Å². The molecule has 0 unspecified atom stereocenters. The minimum atomic E-state index is -0.550. The lowest BCUT2D eigenvalue weighted by Gasteiger charge is -2.53. The van der Waals surface area contributed by atoms with Crippen molar-refractivity contribution in [2.24, 2.45) is 17.8 Å². The molecule has 0 bridgehead atoms. The van der Waals surface area contributed by atoms with Gasteiger partial charge in [-0.05, 0) is 44.6 Å². The van der Waals surface area contributed by atoms with E-state index in [4.69, 9.17) is 18.9 Å². The molecule has 7 nitrogen and oxygen atoms in total. The number of hydrogen-bond donors (Lipinski definition) is 0. The van der Waals surface area contributed by atoms with Crippen molar-refractivity contribution in [1.82, 2.24) is 4.90 Å². The van der Waals surface area contributed by atoms with Crippen molar-refractivity contribution in [2.75, 3.05) is 40.0 Å². The van der Waals surface area contributed by atoms with Gasteiger partial charge in [0.1, 0.15) is 5.75 Å². The summed E-state index contributed by atoms with van der Waals surface area (Å²) in [7, 11) is 1.63. The predicted molar refractivity (Wildman–Crippen MR) is 113 cm³/mol. The van der Waals surface area contributed by atoms with Gasteiger partial charge in [0.25, 0.3) is 0 Å². The molecule has 0 spiro atoms. The molecule has 1 aromatic rings. The molecule has 0 amide bonds. The van der Waals surface area contributed by atoms with E-state index in [1.807, 2.05) is 24.3 Å². The van der Waals surface area contributed by atoms with Crippen LogP contribution < -0.4 is 4.74 Å². The zero-order valence-corrected chi connectivity index (χ0v) is 18.8. The fourth-order valence-electron chi connectivity index (χ4n) is 4.28. The number of carbonyl (C=O) groups is 2. The molecule has 1 fully saturated rings. The Bertz CT molecular complexity index is 673. The number of esters is 2. The summed E-state index contributed by atoms with van der Waals surface area (Å²) in [5, 5.41) is 0. The third-order valence-electron chi connectivity index (χ3n) is 5.74. The molecule has 0 heterocycles. The minimum Gasteiger partial charge on any atom is -0.497 e. The van der Waals surface area contributed by atoms with Crippen molar-refractivity contribution in [3.8, 4) is 5.75 Å². The van der Waals surface area contributed by atoms with Crippen molar-refractivity contribution in [3.63, 3.8) is 0 Å². The number of ether oxygens (including phenoxy) is 4. The largest absolute Gasteiger partial charge is 0.497 e. The van der Waals surface area contributed by atoms with Gasteiger partial charge in [-0.2, -0.15) is 0 Å². The molecule has 0 N–H and O–H groups in total. The lowest BCUT2D eigenvalue weighted by atomic mass is 9.60. The van der Waals surface area contributed by atoms with Crippen LogP contribution in [0.5, 0.6) is 5.75 Å². The number of benzene rings is 1. The maximum Gasteiger partial charge on any atom is 0.311 e. The van der Waals surface area contributed by atoms with Crippen molar-refractivity contribution >= 4 is 11.9 Å². The van der Waals surface area contributed by atoms with Crippen LogP contribution in [0, 0.1) is 17.8 Å². The van der Waals surface area contributed by atoms with Crippen LogP contribution in [0.4, 0.5) is 0 Å². The highest BCUT2D eigenvalue weighted by Gasteiger charge is 2.60. The number of nitrogens with zero attached hydrogens (tertiary/aromatic N) is 1. The summed E-state index contributed by atoms with van der Waals surface area (Å²) >= 11 is 0. The van der Waals surface area contributed by atoms with Crippen LogP contribution in [-0.2, 0) is 30.4 Å². The molecule has 0 radical (unpaired) electrons. The van der Waals surface area contributed by atoms with Gasteiger partial charge in [-0.15, -0.1) is 0 Å². The van der Waals surface area contributed by atoms with E-state index in [1.54, 1.807) is 21.0 Å². The Hall–Kier alpha value is -2.12. The monoisotopic (exact) mass is 421 g/mol. The zero-order chi connectivity index (χ0) is 22.1. The standard InChI is InChI=1S/C23H35NO6/c1-6-24(7-2)21-18(15-28-14-16-10-12-17(27-5)13-11-16)19(22(25)29-8-3)20(21)23(26)30-9-4/h10-13,18-21H,6-9,14-15H2,1-5H3/t18-,19+,20-,21-/m0/s1. The Kier molecular flexibility index (Phi) is 9.59. The summed E-state index contributed by atoms with van der Waals surface area (Å²) in [5.41, 5.74) is 1.02. The second-order valence-corrected chi connectivity index (χ2v) is 7.29. The average molecular weight is 422 g/mol. The number of rotatable bonds is 12. The maximum absolute atomic E-state index is 12.7. The molecule has 7 heteroatoms. The second kappa shape index (κ2) is 11.9. The molecule has 1 aromatic carbocycles. The van der Waals surface area contributed by atoms with E-state index in [0.29, 0.717) is 13.2 Å². The Morgan fingerprint density at radius 1 is 0.900 bits per heavy atom. The molecule has 0 saturated heterocycles.